The van der Waals surface area contributed by atoms with Crippen molar-refractivity contribution in [2.24, 2.45) is 0 Å². The number of aromatic nitrogens is 2. The molecule has 2 amide bonds. The summed E-state index contributed by atoms with van der Waals surface area (Å²) in [5, 5.41) is 2.32. The quantitative estimate of drug-likeness (QED) is 0.0777. The van der Waals surface area contributed by atoms with Crippen LogP contribution in [0.25, 0.3) is 0 Å². The molecular weight excluding hydrogens is 1230 g/mol. The Bertz CT molecular complexity index is 3030. The van der Waals surface area contributed by atoms with Crippen molar-refractivity contribution in [1.29, 1.82) is 0 Å². The van der Waals surface area contributed by atoms with Crippen molar-refractivity contribution in [3.05, 3.63) is 11.6 Å². The summed E-state index contributed by atoms with van der Waals surface area (Å²) >= 11 is 1.33. The van der Waals surface area contributed by atoms with Gasteiger partial charge in [0.25, 0.3) is 27.7 Å². The SMILES string of the molecule is CCN[C@H]1C[C@H](C)S(=O)(=O)c2sc(S(=O)(=O)NC(=O)C(C)OC(=O)C(C)OC(=O)C(C)OC(=O)C(C)OC(=O)CCC(=O)OCC(=O)OCC(=O)N(C[C@@H](COc3nsnc3N3CCOCC3)OC(=O)COC(=O)C(C)OC(C)=O)C(C)(C)C)cc21. The third-order valence-electron chi connectivity index (χ3n) is 12.1. The molecule has 8 atom stereocenters. The number of nitrogens with one attached hydrogen (secondary N) is 2. The number of amides is 2. The zero-order chi connectivity index (χ0) is 64.4. The number of carbonyl (C=O) groups excluding carboxylic acids is 11. The van der Waals surface area contributed by atoms with Crippen LogP contribution in [0.4, 0.5) is 5.82 Å². The number of thiophene rings is 1. The van der Waals surface area contributed by atoms with Crippen LogP contribution in [-0.2, 0) is 120 Å². The first-order chi connectivity index (χ1) is 40.1. The smallest absolute Gasteiger partial charge is 0.347 e. The number of ether oxygens (including phenoxy) is 11. The predicted octanol–water partition coefficient (Wildman–Crippen LogP) is 0.164. The van der Waals surface area contributed by atoms with Gasteiger partial charge >= 0.3 is 53.7 Å². The second-order valence-corrected chi connectivity index (χ2v) is 26.2. The number of hydrogen-bond donors (Lipinski definition) is 2. The highest BCUT2D eigenvalue weighted by Gasteiger charge is 2.41. The number of esters is 9. The molecule has 0 aromatic carbocycles. The summed E-state index contributed by atoms with van der Waals surface area (Å²) in [6.07, 6.45) is -10.7. The van der Waals surface area contributed by atoms with Crippen LogP contribution in [0.1, 0.15) is 107 Å². The van der Waals surface area contributed by atoms with Gasteiger partial charge in [0.05, 0.1) is 49.6 Å². The largest absolute Gasteiger partial charge is 0.470 e. The lowest BCUT2D eigenvalue weighted by Gasteiger charge is -2.37. The molecular formula is C50H70N6O26S4. The molecule has 2 aliphatic rings. The first-order valence-corrected chi connectivity index (χ1v) is 31.1. The van der Waals surface area contributed by atoms with Gasteiger partial charge in [0.1, 0.15) is 15.0 Å². The van der Waals surface area contributed by atoms with Gasteiger partial charge in [-0.15, -0.1) is 15.7 Å². The van der Waals surface area contributed by atoms with Crippen molar-refractivity contribution < 1.29 is 122 Å². The number of rotatable bonds is 30. The minimum atomic E-state index is -4.66. The van der Waals surface area contributed by atoms with Crippen molar-refractivity contribution >= 4 is 114 Å². The Kier molecular flexibility index (Phi) is 26.5. The maximum atomic E-state index is 13.6. The molecule has 32 nitrogen and oxygen atoms in total. The van der Waals surface area contributed by atoms with E-state index in [-0.39, 0.29) is 28.6 Å². The third-order valence-corrected chi connectivity index (χ3v) is 18.4. The van der Waals surface area contributed by atoms with Crippen molar-refractivity contribution in [3.63, 3.8) is 0 Å². The molecule has 4 rings (SSSR count). The van der Waals surface area contributed by atoms with Crippen LogP contribution in [0.2, 0.25) is 0 Å². The van der Waals surface area contributed by atoms with Gasteiger partial charge in [-0.25, -0.2) is 50.3 Å². The van der Waals surface area contributed by atoms with Gasteiger partial charge in [-0.3, -0.25) is 24.0 Å². The van der Waals surface area contributed by atoms with Gasteiger partial charge in [-0.2, -0.15) is 4.37 Å². The number of sulfonamides is 1. The normalized spacial score (nSPS) is 17.6. The molecule has 2 aliphatic heterocycles. The van der Waals surface area contributed by atoms with E-state index in [2.05, 4.69) is 14.1 Å². The molecule has 0 radical (unpaired) electrons. The summed E-state index contributed by atoms with van der Waals surface area (Å²) in [7, 11) is -8.52. The third kappa shape index (κ3) is 21.4. The first-order valence-electron chi connectivity index (χ1n) is 26.6. The van der Waals surface area contributed by atoms with Crippen LogP contribution in [-0.4, -0.2) is 209 Å². The van der Waals surface area contributed by atoms with Gasteiger partial charge in [0, 0.05) is 37.2 Å². The van der Waals surface area contributed by atoms with E-state index < -0.39 is 182 Å². The molecule has 0 aliphatic carbocycles. The second-order valence-electron chi connectivity index (χ2n) is 20.1. The minimum Gasteiger partial charge on any atom is -0.470 e. The van der Waals surface area contributed by atoms with Crippen molar-refractivity contribution in [2.75, 3.05) is 70.7 Å². The molecule has 0 saturated carbocycles. The number of nitrogens with zero attached hydrogens (tertiary/aromatic N) is 4. The Morgan fingerprint density at radius 3 is 1.90 bits per heavy atom. The number of anilines is 1. The van der Waals surface area contributed by atoms with E-state index in [1.165, 1.54) is 18.7 Å². The maximum absolute atomic E-state index is 13.6. The molecule has 2 aromatic rings. The molecule has 36 heteroatoms. The van der Waals surface area contributed by atoms with Gasteiger partial charge in [-0.1, -0.05) is 6.92 Å². The van der Waals surface area contributed by atoms with Crippen molar-refractivity contribution in [3.8, 4) is 5.88 Å². The lowest BCUT2D eigenvalue weighted by Crippen LogP contribution is -2.52. The molecule has 5 unspecified atom stereocenters. The van der Waals surface area contributed by atoms with Gasteiger partial charge in [-0.05, 0) is 81.3 Å². The molecule has 0 spiro atoms. The highest BCUT2D eigenvalue weighted by molar-refractivity contribution is 7.95. The predicted molar refractivity (Wildman–Crippen MR) is 293 cm³/mol. The monoisotopic (exact) mass is 1300 g/mol. The Hall–Kier alpha value is -7.15. The first kappa shape index (κ1) is 71.3. The summed E-state index contributed by atoms with van der Waals surface area (Å²) in [4.78, 5) is 142. The summed E-state index contributed by atoms with van der Waals surface area (Å²) in [5.74, 6) is -11.8. The minimum absolute atomic E-state index is 0.0978. The number of fused-ring (bicyclic) bond motifs is 1. The number of morpholine rings is 1. The maximum Gasteiger partial charge on any atom is 0.347 e. The molecule has 2 N–H and O–H groups in total. The van der Waals surface area contributed by atoms with E-state index in [0.29, 0.717) is 50.0 Å². The summed E-state index contributed by atoms with van der Waals surface area (Å²) in [6, 6.07) is 0.698. The van der Waals surface area contributed by atoms with Gasteiger partial charge in [0.15, 0.2) is 66.3 Å². The molecule has 86 heavy (non-hydrogen) atoms. The number of sulfone groups is 1. The van der Waals surface area contributed by atoms with E-state index in [9.17, 15) is 69.6 Å². The van der Waals surface area contributed by atoms with Crippen LogP contribution in [0, 0.1) is 0 Å². The summed E-state index contributed by atoms with van der Waals surface area (Å²) in [5.41, 5.74) is -0.785. The molecule has 4 heterocycles. The fourth-order valence-electron chi connectivity index (χ4n) is 7.63. The standard InChI is InChI=1S/C50H70N6O26S4/c1-12-51-35-19-26(2)85(68,69)49-34(35)20-41(83-49)86(70,71)54-43(63)27(3)79-47(66)30(6)81-48(67)31(7)80-46(65)29(5)78-38(60)14-13-37(59)74-24-39(61)73-23-36(58)56(50(9,10)11)21-33(82-40(62)25-76-45(64)28(4)77-32(8)57)22-75-44-42(52-84-53-44)55-15-17-72-18-16-55/h20,26-31,33,35,51H,12-19,21-25H2,1-11H3,(H,54,63)/t26-,27?,28?,29?,30?,31?,33-,35-/m0/s1. The number of carbonyl (C=O) groups is 11. The summed E-state index contributed by atoms with van der Waals surface area (Å²) < 4.78 is 118. The highest BCUT2D eigenvalue weighted by Crippen LogP contribution is 2.43. The van der Waals surface area contributed by atoms with Crippen LogP contribution >= 0.6 is 23.1 Å². The van der Waals surface area contributed by atoms with Crippen molar-refractivity contribution in [1.82, 2.24) is 23.7 Å². The molecule has 0 bridgehead atoms. The fourth-order valence-corrected chi connectivity index (χ4v) is 13.2. The lowest BCUT2D eigenvalue weighted by atomic mass is 10.1. The van der Waals surface area contributed by atoms with Gasteiger partial charge < -0.3 is 67.2 Å². The average Bonchev–Trinajstić information content (AvgIpc) is 2.96. The Morgan fingerprint density at radius 2 is 1.30 bits per heavy atom. The molecule has 1 fully saturated rings. The summed E-state index contributed by atoms with van der Waals surface area (Å²) in [6.45, 7) is 13.3. The van der Waals surface area contributed by atoms with Crippen LogP contribution in [0.5, 0.6) is 5.88 Å². The average molecular weight is 1300 g/mol. The zero-order valence-corrected chi connectivity index (χ0v) is 52.2. The molecule has 1 saturated heterocycles. The topological polar surface area (TPSA) is 414 Å². The van der Waals surface area contributed by atoms with Crippen LogP contribution in [0.3, 0.4) is 0 Å². The molecule has 480 valence electrons. The molecule has 2 aromatic heterocycles. The van der Waals surface area contributed by atoms with Gasteiger partial charge in [0.2, 0.25) is 5.82 Å². The second kappa shape index (κ2) is 32.0. The Morgan fingerprint density at radius 1 is 0.744 bits per heavy atom. The van der Waals surface area contributed by atoms with E-state index in [4.69, 9.17) is 52.1 Å². The van der Waals surface area contributed by atoms with Crippen LogP contribution in [0.15, 0.2) is 14.5 Å². The van der Waals surface area contributed by atoms with E-state index >= 15 is 0 Å². The fraction of sp³-hybridized carbons (Fsp3) is 0.660. The van der Waals surface area contributed by atoms with E-state index in [0.717, 1.165) is 52.4 Å². The van der Waals surface area contributed by atoms with E-state index in [1.807, 2.05) is 4.90 Å². The van der Waals surface area contributed by atoms with E-state index in [1.54, 1.807) is 32.4 Å². The highest BCUT2D eigenvalue weighted by atomic mass is 32.3. The zero-order valence-electron chi connectivity index (χ0n) is 48.9. The van der Waals surface area contributed by atoms with Crippen LogP contribution < -0.4 is 19.7 Å². The number of hydrogen-bond acceptors (Lipinski definition) is 32. The Labute approximate surface area is 503 Å². The Balaban J connectivity index is 1.20. The lowest BCUT2D eigenvalue weighted by molar-refractivity contribution is -0.183. The van der Waals surface area contributed by atoms with Crippen molar-refractivity contribution in [2.45, 2.75) is 157 Å².